The molecule has 2 saturated heterocycles. The van der Waals surface area contributed by atoms with Gasteiger partial charge in [0.25, 0.3) is 11.8 Å². The maximum absolute atomic E-state index is 14.9. The van der Waals surface area contributed by atoms with E-state index in [1.54, 1.807) is 48.5 Å². The van der Waals surface area contributed by atoms with Gasteiger partial charge in [0.05, 0.1) is 11.1 Å². The highest BCUT2D eigenvalue weighted by atomic mass is 19.4. The topological polar surface area (TPSA) is 85.0 Å². The van der Waals surface area contributed by atoms with Gasteiger partial charge in [-0.25, -0.2) is 0 Å². The van der Waals surface area contributed by atoms with Crippen LogP contribution in [0, 0.1) is 0 Å². The van der Waals surface area contributed by atoms with Crippen LogP contribution in [-0.2, 0) is 22.6 Å². The van der Waals surface area contributed by atoms with Crippen LogP contribution in [-0.4, -0.2) is 103 Å². The SMILES string of the molecule is O=C(NC1CCN(CCCCCN(C(=O)c2ccccc2-c2ccc(C(F)(F)F)cc2)C2CCN(CCCCC3(C(=O)NCC(F)(F)F)c4ccccc4-c4ccccc43)CC2)CC1)c1ccccc1-c1ccc(C(F)(F)F)cc1. The van der Waals surface area contributed by atoms with Crippen molar-refractivity contribution in [3.8, 4) is 33.4 Å². The first-order chi connectivity index (χ1) is 38.3. The molecule has 2 heterocycles. The van der Waals surface area contributed by atoms with Crippen LogP contribution in [0.2, 0.25) is 0 Å². The average molecular weight is 1110 g/mol. The molecule has 6 aromatic rings. The molecule has 80 heavy (non-hydrogen) atoms. The lowest BCUT2D eigenvalue weighted by Gasteiger charge is -2.39. The molecule has 1 aliphatic carbocycles. The lowest BCUT2D eigenvalue weighted by atomic mass is 9.73. The molecule has 0 bridgehead atoms. The van der Waals surface area contributed by atoms with Crippen molar-refractivity contribution >= 4 is 17.7 Å². The highest BCUT2D eigenvalue weighted by Crippen LogP contribution is 2.52. The van der Waals surface area contributed by atoms with Gasteiger partial charge in [-0.3, -0.25) is 14.4 Å². The van der Waals surface area contributed by atoms with Crippen molar-refractivity contribution in [1.29, 1.82) is 0 Å². The summed E-state index contributed by atoms with van der Waals surface area (Å²) >= 11 is 0. The number of carbonyl (C=O) groups is 3. The molecule has 0 saturated carbocycles. The summed E-state index contributed by atoms with van der Waals surface area (Å²) in [6.45, 7) is 3.42. The molecule has 0 unspecified atom stereocenters. The summed E-state index contributed by atoms with van der Waals surface area (Å²) in [5.41, 5.74) is 3.08. The van der Waals surface area contributed by atoms with E-state index in [2.05, 4.69) is 20.4 Å². The maximum Gasteiger partial charge on any atom is 0.416 e. The van der Waals surface area contributed by atoms with Crippen molar-refractivity contribution in [2.24, 2.45) is 0 Å². The van der Waals surface area contributed by atoms with Gasteiger partial charge in [0.15, 0.2) is 0 Å². The molecule has 8 nitrogen and oxygen atoms in total. The van der Waals surface area contributed by atoms with Crippen LogP contribution in [0.1, 0.15) is 107 Å². The van der Waals surface area contributed by atoms with Crippen LogP contribution in [0.5, 0.6) is 0 Å². The quantitative estimate of drug-likeness (QED) is 0.0624. The van der Waals surface area contributed by atoms with Crippen LogP contribution in [0.15, 0.2) is 146 Å². The van der Waals surface area contributed by atoms with Gasteiger partial charge in [-0.15, -0.1) is 0 Å². The summed E-state index contributed by atoms with van der Waals surface area (Å²) in [6.07, 6.45) is -6.82. The Kier molecular flexibility index (Phi) is 17.9. The van der Waals surface area contributed by atoms with Gasteiger partial charge in [-0.2, -0.15) is 39.5 Å². The zero-order valence-electron chi connectivity index (χ0n) is 44.2. The molecule has 0 atom stereocenters. The minimum atomic E-state index is -4.58. The largest absolute Gasteiger partial charge is 0.416 e. The third kappa shape index (κ3) is 13.4. The van der Waals surface area contributed by atoms with Gasteiger partial charge >= 0.3 is 18.5 Å². The number of amides is 3. The van der Waals surface area contributed by atoms with E-state index < -0.39 is 47.5 Å². The standard InChI is InChI=1S/C63H64F9N5O3/c64-61(65,66)42-73-59(80)60(55-20-8-6-16-51(55)52-17-7-9-21-56(52)60)34-10-13-36-76-40-32-48(33-41-76)77(58(79)54-19-5-3-15-50(54)44-24-28-46(29-25-44)63(70,71)72)37-12-1-11-35-75-38-30-47(31-39-75)74-57(78)53-18-4-2-14-49(53)43-22-26-45(27-23-43)62(67,68)69/h2-9,14-29,47-48H,1,10-13,30-42H2,(H,73,80)(H,74,78). The fourth-order valence-corrected chi connectivity index (χ4v) is 12.0. The van der Waals surface area contributed by atoms with Crippen LogP contribution in [0.3, 0.4) is 0 Å². The van der Waals surface area contributed by atoms with Crippen molar-refractivity contribution in [2.75, 3.05) is 52.4 Å². The second-order valence-electron chi connectivity index (χ2n) is 21.2. The van der Waals surface area contributed by atoms with Gasteiger partial charge in [-0.1, -0.05) is 122 Å². The van der Waals surface area contributed by atoms with Crippen LogP contribution in [0.4, 0.5) is 39.5 Å². The minimum Gasteiger partial charge on any atom is -0.349 e. The lowest BCUT2D eigenvalue weighted by molar-refractivity contribution is -0.141. The molecule has 0 aromatic heterocycles. The van der Waals surface area contributed by atoms with Crippen molar-refractivity contribution in [1.82, 2.24) is 25.3 Å². The number of alkyl halides is 9. The zero-order valence-corrected chi connectivity index (χ0v) is 44.2. The summed E-state index contributed by atoms with van der Waals surface area (Å²) in [5.74, 6) is -1.16. The monoisotopic (exact) mass is 1110 g/mol. The van der Waals surface area contributed by atoms with E-state index in [0.29, 0.717) is 109 Å². The molecule has 422 valence electrons. The predicted molar refractivity (Wildman–Crippen MR) is 291 cm³/mol. The predicted octanol–water partition coefficient (Wildman–Crippen LogP) is 13.8. The third-order valence-corrected chi connectivity index (χ3v) is 16.1. The molecule has 0 radical (unpaired) electrons. The zero-order chi connectivity index (χ0) is 56.7. The number of hydrogen-bond acceptors (Lipinski definition) is 5. The first kappa shape index (κ1) is 57.7. The number of nitrogens with one attached hydrogen (secondary N) is 2. The Balaban J connectivity index is 0.804. The number of rotatable bonds is 19. The average Bonchev–Trinajstić information content (AvgIpc) is 3.91. The molecule has 3 aliphatic rings. The Bertz CT molecular complexity index is 3040. The number of benzene rings is 6. The van der Waals surface area contributed by atoms with Crippen molar-refractivity contribution in [3.63, 3.8) is 0 Å². The number of hydrogen-bond donors (Lipinski definition) is 2. The van der Waals surface area contributed by atoms with E-state index in [1.807, 2.05) is 53.4 Å². The normalized spacial score (nSPS) is 16.2. The van der Waals surface area contributed by atoms with Crippen molar-refractivity contribution in [2.45, 2.75) is 100 Å². The van der Waals surface area contributed by atoms with Crippen LogP contribution >= 0.6 is 0 Å². The van der Waals surface area contributed by atoms with Crippen LogP contribution in [0.25, 0.3) is 33.4 Å². The highest BCUT2D eigenvalue weighted by Gasteiger charge is 2.49. The fourth-order valence-electron chi connectivity index (χ4n) is 12.0. The minimum absolute atomic E-state index is 0.0796. The Morgan fingerprint density at radius 2 is 0.963 bits per heavy atom. The molecular formula is C63H64F9N5O3. The van der Waals surface area contributed by atoms with Gasteiger partial charge in [0.2, 0.25) is 5.91 Å². The maximum atomic E-state index is 14.9. The number of piperidine rings is 2. The number of carbonyl (C=O) groups excluding carboxylic acids is 3. The van der Waals surface area contributed by atoms with Crippen LogP contribution < -0.4 is 10.6 Å². The molecule has 3 amide bonds. The Morgan fingerprint density at radius 3 is 1.48 bits per heavy atom. The Morgan fingerprint density at radius 1 is 0.512 bits per heavy atom. The van der Waals surface area contributed by atoms with E-state index in [4.69, 9.17) is 0 Å². The second-order valence-corrected chi connectivity index (χ2v) is 21.2. The number of likely N-dealkylation sites (tertiary alicyclic amines) is 2. The molecule has 6 aromatic carbocycles. The lowest BCUT2D eigenvalue weighted by Crippen LogP contribution is -2.48. The molecule has 2 aliphatic heterocycles. The molecule has 17 heteroatoms. The van der Waals surface area contributed by atoms with E-state index >= 15 is 0 Å². The number of nitrogens with zero attached hydrogens (tertiary/aromatic N) is 3. The van der Waals surface area contributed by atoms with E-state index in [1.165, 1.54) is 24.3 Å². The second kappa shape index (κ2) is 24.8. The first-order valence-corrected chi connectivity index (χ1v) is 27.4. The Labute approximate surface area is 460 Å². The highest BCUT2D eigenvalue weighted by molar-refractivity contribution is 6.02. The molecule has 9 rings (SSSR count). The molecular weight excluding hydrogens is 1050 g/mol. The number of fused-ring (bicyclic) bond motifs is 3. The first-order valence-electron chi connectivity index (χ1n) is 27.4. The van der Waals surface area contributed by atoms with Gasteiger partial charge in [0.1, 0.15) is 12.0 Å². The third-order valence-electron chi connectivity index (χ3n) is 16.1. The summed E-state index contributed by atoms with van der Waals surface area (Å²) in [5, 5.41) is 5.35. The summed E-state index contributed by atoms with van der Waals surface area (Å²) < 4.78 is 121. The van der Waals surface area contributed by atoms with E-state index in [0.717, 1.165) is 80.7 Å². The molecule has 0 spiro atoms. The summed E-state index contributed by atoms with van der Waals surface area (Å²) in [6, 6.07) is 38.0. The summed E-state index contributed by atoms with van der Waals surface area (Å²) in [7, 11) is 0. The van der Waals surface area contributed by atoms with E-state index in [9.17, 15) is 53.9 Å². The van der Waals surface area contributed by atoms with E-state index in [-0.39, 0.29) is 23.9 Å². The molecule has 2 fully saturated rings. The number of unbranched alkanes of at least 4 members (excludes halogenated alkanes) is 3. The van der Waals surface area contributed by atoms with Gasteiger partial charge in [-0.05, 0) is 145 Å². The fraction of sp³-hybridized carbons (Fsp3) is 0.381. The summed E-state index contributed by atoms with van der Waals surface area (Å²) in [4.78, 5) is 49.0. The number of halogens is 9. The van der Waals surface area contributed by atoms with Crippen molar-refractivity contribution < 1.29 is 53.9 Å². The van der Waals surface area contributed by atoms with Crippen molar-refractivity contribution in [3.05, 3.63) is 179 Å². The smallest absolute Gasteiger partial charge is 0.349 e. The Hall–Kier alpha value is -6.98. The van der Waals surface area contributed by atoms with Gasteiger partial charge in [0, 0.05) is 55.9 Å². The molecule has 2 N–H and O–H groups in total. The van der Waals surface area contributed by atoms with Gasteiger partial charge < -0.3 is 25.3 Å².